The summed E-state index contributed by atoms with van der Waals surface area (Å²) in [4.78, 5) is 9.15. The van der Waals surface area contributed by atoms with Crippen molar-refractivity contribution in [1.82, 2.24) is 9.97 Å². The summed E-state index contributed by atoms with van der Waals surface area (Å²) in [6.07, 6.45) is 7.10. The van der Waals surface area contributed by atoms with Crippen LogP contribution in [0.25, 0.3) is 0 Å². The molecule has 1 unspecified atom stereocenters. The maximum absolute atomic E-state index is 4.65. The van der Waals surface area contributed by atoms with Crippen molar-refractivity contribution in [1.29, 1.82) is 0 Å². The van der Waals surface area contributed by atoms with E-state index in [1.165, 1.54) is 25.7 Å². The summed E-state index contributed by atoms with van der Waals surface area (Å²) >= 11 is 0. The molecule has 1 aromatic rings. The fourth-order valence-corrected chi connectivity index (χ4v) is 3.07. The number of hydrogen-bond acceptors (Lipinski definition) is 4. The van der Waals surface area contributed by atoms with Gasteiger partial charge < -0.3 is 10.6 Å². The van der Waals surface area contributed by atoms with Crippen LogP contribution in [0.1, 0.15) is 58.7 Å². The Bertz CT molecular complexity index is 442. The molecule has 4 heteroatoms. The van der Waals surface area contributed by atoms with Crippen molar-refractivity contribution in [3.63, 3.8) is 0 Å². The van der Waals surface area contributed by atoms with E-state index < -0.39 is 0 Å². The molecule has 0 bridgehead atoms. The summed E-state index contributed by atoms with van der Waals surface area (Å²) in [5, 5.41) is 6.75. The predicted octanol–water partition coefficient (Wildman–Crippen LogP) is 3.85. The number of aromatic nitrogens is 2. The molecule has 112 valence electrons. The van der Waals surface area contributed by atoms with Gasteiger partial charge in [0.25, 0.3) is 0 Å². The third kappa shape index (κ3) is 4.09. The Morgan fingerprint density at radius 2 is 2.05 bits per heavy atom. The smallest absolute Gasteiger partial charge is 0.133 e. The third-order valence-electron chi connectivity index (χ3n) is 4.06. The lowest BCUT2D eigenvalue weighted by atomic mass is 9.75. The van der Waals surface area contributed by atoms with Gasteiger partial charge in [-0.3, -0.25) is 0 Å². The van der Waals surface area contributed by atoms with Crippen LogP contribution in [0.4, 0.5) is 11.6 Å². The Morgan fingerprint density at radius 3 is 2.70 bits per heavy atom. The second-order valence-corrected chi connectivity index (χ2v) is 6.66. The molecular weight excluding hydrogens is 248 g/mol. The van der Waals surface area contributed by atoms with Crippen LogP contribution in [0, 0.1) is 5.41 Å². The molecule has 1 heterocycles. The van der Waals surface area contributed by atoms with Gasteiger partial charge in [-0.15, -0.1) is 0 Å². The largest absolute Gasteiger partial charge is 0.373 e. The standard InChI is InChI=1S/C16H28N4/c1-5-7-13-19-14(17-4)10-15(20-13)18-12-8-6-9-16(2,3)11-12/h10,12H,5-9,11H2,1-4H3,(H2,17,18,19,20). The predicted molar refractivity (Wildman–Crippen MR) is 85.2 cm³/mol. The highest BCUT2D eigenvalue weighted by atomic mass is 15.1. The molecule has 0 aromatic carbocycles. The normalized spacial score (nSPS) is 21.5. The van der Waals surface area contributed by atoms with E-state index >= 15 is 0 Å². The quantitative estimate of drug-likeness (QED) is 0.857. The Morgan fingerprint density at radius 1 is 1.30 bits per heavy atom. The maximum atomic E-state index is 4.65. The van der Waals surface area contributed by atoms with E-state index in [0.717, 1.165) is 30.3 Å². The Hall–Kier alpha value is -1.32. The number of nitrogens with zero attached hydrogens (tertiary/aromatic N) is 2. The summed E-state index contributed by atoms with van der Waals surface area (Å²) in [5.41, 5.74) is 0.445. The van der Waals surface area contributed by atoms with Crippen LogP contribution in [0.2, 0.25) is 0 Å². The van der Waals surface area contributed by atoms with E-state index in [1.54, 1.807) is 0 Å². The molecule has 2 rings (SSSR count). The zero-order chi connectivity index (χ0) is 14.6. The highest BCUT2D eigenvalue weighted by molar-refractivity contribution is 5.47. The molecule has 1 aromatic heterocycles. The fourth-order valence-electron chi connectivity index (χ4n) is 3.07. The van der Waals surface area contributed by atoms with Gasteiger partial charge in [0.1, 0.15) is 17.5 Å². The minimum atomic E-state index is 0.445. The topological polar surface area (TPSA) is 49.8 Å². The summed E-state index contributed by atoms with van der Waals surface area (Å²) < 4.78 is 0. The first-order chi connectivity index (χ1) is 9.52. The average Bonchev–Trinajstić information content (AvgIpc) is 2.37. The van der Waals surface area contributed by atoms with Gasteiger partial charge >= 0.3 is 0 Å². The molecule has 0 radical (unpaired) electrons. The summed E-state index contributed by atoms with van der Waals surface area (Å²) in [6.45, 7) is 6.89. The first-order valence-corrected chi connectivity index (χ1v) is 7.84. The van der Waals surface area contributed by atoms with Crippen LogP contribution in [-0.2, 0) is 6.42 Å². The van der Waals surface area contributed by atoms with Crippen molar-refractivity contribution in [2.45, 2.75) is 65.3 Å². The lowest BCUT2D eigenvalue weighted by Gasteiger charge is -2.35. The minimum absolute atomic E-state index is 0.445. The number of nitrogens with one attached hydrogen (secondary N) is 2. The average molecular weight is 276 g/mol. The highest BCUT2D eigenvalue weighted by Crippen LogP contribution is 2.36. The van der Waals surface area contributed by atoms with E-state index in [2.05, 4.69) is 41.4 Å². The molecular formula is C16H28N4. The van der Waals surface area contributed by atoms with Gasteiger partial charge in [-0.1, -0.05) is 27.2 Å². The SMILES string of the molecule is CCCc1nc(NC)cc(NC2CCCC(C)(C)C2)n1. The summed E-state index contributed by atoms with van der Waals surface area (Å²) in [5.74, 6) is 2.80. The van der Waals surface area contributed by atoms with E-state index in [1.807, 2.05) is 13.1 Å². The van der Waals surface area contributed by atoms with Gasteiger partial charge in [0, 0.05) is 25.6 Å². The molecule has 4 nitrogen and oxygen atoms in total. The van der Waals surface area contributed by atoms with Crippen LogP contribution < -0.4 is 10.6 Å². The maximum Gasteiger partial charge on any atom is 0.133 e. The number of hydrogen-bond donors (Lipinski definition) is 2. The number of anilines is 2. The van der Waals surface area contributed by atoms with Crippen molar-refractivity contribution in [3.8, 4) is 0 Å². The zero-order valence-electron chi connectivity index (χ0n) is 13.3. The fraction of sp³-hybridized carbons (Fsp3) is 0.750. The summed E-state index contributed by atoms with van der Waals surface area (Å²) in [6, 6.07) is 2.55. The molecule has 2 N–H and O–H groups in total. The lowest BCUT2D eigenvalue weighted by molar-refractivity contribution is 0.229. The molecule has 0 spiro atoms. The van der Waals surface area contributed by atoms with Crippen LogP contribution in [0.5, 0.6) is 0 Å². The second-order valence-electron chi connectivity index (χ2n) is 6.66. The molecule has 1 atom stereocenters. The molecule has 0 saturated heterocycles. The third-order valence-corrected chi connectivity index (χ3v) is 4.06. The van der Waals surface area contributed by atoms with Crippen molar-refractivity contribution >= 4 is 11.6 Å². The van der Waals surface area contributed by atoms with Gasteiger partial charge in [0.05, 0.1) is 0 Å². The molecule has 1 aliphatic carbocycles. The molecule has 0 aliphatic heterocycles. The molecule has 1 aliphatic rings. The van der Waals surface area contributed by atoms with Crippen LogP contribution in [0.15, 0.2) is 6.07 Å². The van der Waals surface area contributed by atoms with Crippen molar-refractivity contribution < 1.29 is 0 Å². The Balaban J connectivity index is 2.09. The van der Waals surface area contributed by atoms with Crippen LogP contribution in [-0.4, -0.2) is 23.1 Å². The Labute approximate surface area is 122 Å². The number of aryl methyl sites for hydroxylation is 1. The first kappa shape index (κ1) is 15.1. The molecule has 1 fully saturated rings. The van der Waals surface area contributed by atoms with E-state index in [-0.39, 0.29) is 0 Å². The second kappa shape index (κ2) is 6.42. The minimum Gasteiger partial charge on any atom is -0.373 e. The van der Waals surface area contributed by atoms with Gasteiger partial charge in [-0.25, -0.2) is 9.97 Å². The zero-order valence-corrected chi connectivity index (χ0v) is 13.3. The lowest BCUT2D eigenvalue weighted by Crippen LogP contribution is -2.32. The van der Waals surface area contributed by atoms with Gasteiger partial charge in [-0.2, -0.15) is 0 Å². The first-order valence-electron chi connectivity index (χ1n) is 7.84. The monoisotopic (exact) mass is 276 g/mol. The van der Waals surface area contributed by atoms with Gasteiger partial charge in [0.15, 0.2) is 0 Å². The summed E-state index contributed by atoms with van der Waals surface area (Å²) in [7, 11) is 1.91. The van der Waals surface area contributed by atoms with Crippen molar-refractivity contribution in [2.75, 3.05) is 17.7 Å². The van der Waals surface area contributed by atoms with Gasteiger partial charge in [-0.05, 0) is 31.1 Å². The van der Waals surface area contributed by atoms with Crippen molar-refractivity contribution in [3.05, 3.63) is 11.9 Å². The van der Waals surface area contributed by atoms with Crippen LogP contribution in [0.3, 0.4) is 0 Å². The van der Waals surface area contributed by atoms with E-state index in [4.69, 9.17) is 0 Å². The Kier molecular flexibility index (Phi) is 4.84. The molecule has 20 heavy (non-hydrogen) atoms. The van der Waals surface area contributed by atoms with Gasteiger partial charge in [0.2, 0.25) is 0 Å². The van der Waals surface area contributed by atoms with Crippen molar-refractivity contribution in [2.24, 2.45) is 5.41 Å². The highest BCUT2D eigenvalue weighted by Gasteiger charge is 2.28. The van der Waals surface area contributed by atoms with E-state index in [9.17, 15) is 0 Å². The molecule has 1 saturated carbocycles. The molecule has 0 amide bonds. The number of rotatable bonds is 5. The van der Waals surface area contributed by atoms with Crippen LogP contribution >= 0.6 is 0 Å². The van der Waals surface area contributed by atoms with E-state index in [0.29, 0.717) is 11.5 Å².